The Kier molecular flexibility index (Phi) is 3.56. The van der Waals surface area contributed by atoms with Gasteiger partial charge in [-0.2, -0.15) is 13.2 Å². The monoisotopic (exact) mass is 237 g/mol. The molecule has 16 heavy (non-hydrogen) atoms. The van der Waals surface area contributed by atoms with Gasteiger partial charge in [-0.1, -0.05) is 12.2 Å². The van der Waals surface area contributed by atoms with E-state index in [4.69, 9.17) is 5.11 Å². The lowest BCUT2D eigenvalue weighted by molar-refractivity contribution is -0.174. The van der Waals surface area contributed by atoms with Gasteiger partial charge in [0.1, 0.15) is 0 Å². The van der Waals surface area contributed by atoms with Crippen LogP contribution in [0.3, 0.4) is 0 Å². The number of carbonyl (C=O) groups is 2. The van der Waals surface area contributed by atoms with E-state index in [1.54, 1.807) is 11.4 Å². The van der Waals surface area contributed by atoms with Crippen LogP contribution in [-0.2, 0) is 9.59 Å². The van der Waals surface area contributed by atoms with E-state index in [0.717, 1.165) is 0 Å². The Balaban J connectivity index is 2.71. The molecule has 1 aliphatic rings. The van der Waals surface area contributed by atoms with Gasteiger partial charge in [0, 0.05) is 0 Å². The minimum Gasteiger partial charge on any atom is -0.481 e. The molecule has 0 saturated carbocycles. The molecular weight excluding hydrogens is 227 g/mol. The van der Waals surface area contributed by atoms with E-state index in [-0.39, 0.29) is 6.42 Å². The topological polar surface area (TPSA) is 66.4 Å². The maximum atomic E-state index is 11.9. The molecule has 2 atom stereocenters. The Hall–Kier alpha value is -1.53. The van der Waals surface area contributed by atoms with E-state index in [1.807, 2.05) is 0 Å². The molecule has 0 spiro atoms. The number of alkyl halides is 3. The normalized spacial score (nSPS) is 25.2. The van der Waals surface area contributed by atoms with E-state index < -0.39 is 30.0 Å². The van der Waals surface area contributed by atoms with Gasteiger partial charge in [0.25, 0.3) is 0 Å². The Morgan fingerprint density at radius 3 is 2.50 bits per heavy atom. The molecule has 0 heterocycles. The van der Waals surface area contributed by atoms with Crippen molar-refractivity contribution in [3.8, 4) is 0 Å². The van der Waals surface area contributed by atoms with Gasteiger partial charge < -0.3 is 10.4 Å². The fourth-order valence-electron chi connectivity index (χ4n) is 1.49. The number of nitrogens with one attached hydrogen (secondary N) is 1. The Morgan fingerprint density at radius 1 is 1.38 bits per heavy atom. The first-order chi connectivity index (χ1) is 7.32. The van der Waals surface area contributed by atoms with Gasteiger partial charge in [-0.3, -0.25) is 9.59 Å². The van der Waals surface area contributed by atoms with Crippen LogP contribution in [0, 0.1) is 5.92 Å². The van der Waals surface area contributed by atoms with Crippen molar-refractivity contribution in [2.45, 2.75) is 25.1 Å². The Labute approximate surface area is 89.1 Å². The maximum Gasteiger partial charge on any atom is 0.471 e. The molecule has 0 aliphatic heterocycles. The van der Waals surface area contributed by atoms with Crippen LogP contribution in [0.4, 0.5) is 13.2 Å². The third kappa shape index (κ3) is 2.98. The van der Waals surface area contributed by atoms with Crippen LogP contribution >= 0.6 is 0 Å². The van der Waals surface area contributed by atoms with Crippen LogP contribution in [0.2, 0.25) is 0 Å². The van der Waals surface area contributed by atoms with E-state index >= 15 is 0 Å². The average molecular weight is 237 g/mol. The van der Waals surface area contributed by atoms with Crippen molar-refractivity contribution in [3.63, 3.8) is 0 Å². The highest BCUT2D eigenvalue weighted by Gasteiger charge is 2.41. The fraction of sp³-hybridized carbons (Fsp3) is 0.556. The van der Waals surface area contributed by atoms with Crippen LogP contribution in [0.5, 0.6) is 0 Å². The van der Waals surface area contributed by atoms with E-state index in [0.29, 0.717) is 6.42 Å². The smallest absolute Gasteiger partial charge is 0.471 e. The summed E-state index contributed by atoms with van der Waals surface area (Å²) in [6.07, 6.45) is -1.45. The molecule has 0 fully saturated rings. The van der Waals surface area contributed by atoms with Crippen LogP contribution in [0.25, 0.3) is 0 Å². The van der Waals surface area contributed by atoms with Crippen molar-refractivity contribution in [3.05, 3.63) is 12.2 Å². The number of allylic oxidation sites excluding steroid dienone is 1. The molecule has 1 aliphatic carbocycles. The van der Waals surface area contributed by atoms with Gasteiger partial charge in [0.2, 0.25) is 0 Å². The molecule has 4 nitrogen and oxygen atoms in total. The third-order valence-electron chi connectivity index (χ3n) is 2.29. The average Bonchev–Trinajstić information content (AvgIpc) is 2.16. The molecule has 1 amide bonds. The highest BCUT2D eigenvalue weighted by molar-refractivity contribution is 5.83. The number of halogens is 3. The van der Waals surface area contributed by atoms with Gasteiger partial charge in [-0.05, 0) is 12.8 Å². The quantitative estimate of drug-likeness (QED) is 0.706. The van der Waals surface area contributed by atoms with Crippen molar-refractivity contribution in [1.82, 2.24) is 5.32 Å². The number of hydrogen-bond acceptors (Lipinski definition) is 2. The molecular formula is C9H10F3NO3. The van der Waals surface area contributed by atoms with Crippen LogP contribution in [0.15, 0.2) is 12.2 Å². The summed E-state index contributed by atoms with van der Waals surface area (Å²) in [5.41, 5.74) is 0. The maximum absolute atomic E-state index is 11.9. The molecule has 0 saturated heterocycles. The van der Waals surface area contributed by atoms with Crippen molar-refractivity contribution < 1.29 is 27.9 Å². The zero-order chi connectivity index (χ0) is 12.3. The van der Waals surface area contributed by atoms with E-state index in [2.05, 4.69) is 0 Å². The van der Waals surface area contributed by atoms with Crippen LogP contribution in [-0.4, -0.2) is 29.2 Å². The second-order valence-electron chi connectivity index (χ2n) is 3.45. The predicted molar refractivity (Wildman–Crippen MR) is 47.5 cm³/mol. The molecule has 0 unspecified atom stereocenters. The summed E-state index contributed by atoms with van der Waals surface area (Å²) in [4.78, 5) is 21.4. The zero-order valence-corrected chi connectivity index (χ0v) is 8.12. The standard InChI is InChI=1S/C9H10F3NO3/c10-9(11,12)8(16)13-6-4-2-1-3-5(6)7(14)15/h2,4-6H,1,3H2,(H,13,16)(H,14,15)/t5-,6+/m1/s1. The molecule has 0 bridgehead atoms. The molecule has 2 N–H and O–H groups in total. The summed E-state index contributed by atoms with van der Waals surface area (Å²) in [6, 6.07) is -1.10. The summed E-state index contributed by atoms with van der Waals surface area (Å²) < 4.78 is 35.8. The zero-order valence-electron chi connectivity index (χ0n) is 8.12. The number of aliphatic carboxylic acids is 1. The number of hydrogen-bond donors (Lipinski definition) is 2. The van der Waals surface area contributed by atoms with Crippen molar-refractivity contribution in [2.24, 2.45) is 5.92 Å². The van der Waals surface area contributed by atoms with Crippen LogP contribution in [0.1, 0.15) is 12.8 Å². The van der Waals surface area contributed by atoms with Crippen molar-refractivity contribution in [2.75, 3.05) is 0 Å². The van der Waals surface area contributed by atoms with E-state index in [9.17, 15) is 22.8 Å². The molecule has 0 aromatic rings. The highest BCUT2D eigenvalue weighted by atomic mass is 19.4. The summed E-state index contributed by atoms with van der Waals surface area (Å²) in [6.45, 7) is 0. The lowest BCUT2D eigenvalue weighted by Gasteiger charge is -2.25. The number of carbonyl (C=O) groups excluding carboxylic acids is 1. The number of carboxylic acids is 1. The molecule has 0 aromatic heterocycles. The largest absolute Gasteiger partial charge is 0.481 e. The second kappa shape index (κ2) is 4.54. The number of rotatable bonds is 2. The Bertz CT molecular complexity index is 324. The summed E-state index contributed by atoms with van der Waals surface area (Å²) in [5, 5.41) is 10.4. The summed E-state index contributed by atoms with van der Waals surface area (Å²) in [5.74, 6) is -4.33. The minimum atomic E-state index is -4.99. The molecule has 90 valence electrons. The number of amides is 1. The van der Waals surface area contributed by atoms with Gasteiger partial charge in [0.05, 0.1) is 12.0 Å². The lowest BCUT2D eigenvalue weighted by atomic mass is 9.89. The Morgan fingerprint density at radius 2 is 2.00 bits per heavy atom. The van der Waals surface area contributed by atoms with Gasteiger partial charge in [-0.15, -0.1) is 0 Å². The van der Waals surface area contributed by atoms with Crippen molar-refractivity contribution in [1.29, 1.82) is 0 Å². The predicted octanol–water partition coefficient (Wildman–Crippen LogP) is 1.08. The minimum absolute atomic E-state index is 0.217. The van der Waals surface area contributed by atoms with Gasteiger partial charge >= 0.3 is 18.1 Å². The highest BCUT2D eigenvalue weighted by Crippen LogP contribution is 2.21. The molecule has 0 radical (unpaired) electrons. The van der Waals surface area contributed by atoms with Gasteiger partial charge in [-0.25, -0.2) is 0 Å². The lowest BCUT2D eigenvalue weighted by Crippen LogP contribution is -2.48. The first-order valence-electron chi connectivity index (χ1n) is 4.59. The molecule has 7 heteroatoms. The molecule has 1 rings (SSSR count). The van der Waals surface area contributed by atoms with Crippen molar-refractivity contribution >= 4 is 11.9 Å². The van der Waals surface area contributed by atoms with Crippen LogP contribution < -0.4 is 5.32 Å². The SMILES string of the molecule is O=C(O)[C@@H]1CCC=C[C@@H]1NC(=O)C(F)(F)F. The van der Waals surface area contributed by atoms with E-state index in [1.165, 1.54) is 6.08 Å². The van der Waals surface area contributed by atoms with Gasteiger partial charge in [0.15, 0.2) is 0 Å². The third-order valence-corrected chi connectivity index (χ3v) is 2.29. The summed E-state index contributed by atoms with van der Waals surface area (Å²) in [7, 11) is 0. The summed E-state index contributed by atoms with van der Waals surface area (Å²) >= 11 is 0. The fourth-order valence-corrected chi connectivity index (χ4v) is 1.49. The second-order valence-corrected chi connectivity index (χ2v) is 3.45. The molecule has 0 aromatic carbocycles. The first kappa shape index (κ1) is 12.5. The first-order valence-corrected chi connectivity index (χ1v) is 4.59. The number of carboxylic acid groups (broad SMARTS) is 1.